The molecule has 0 saturated carbocycles. The molecule has 0 unspecified atom stereocenters. The first-order chi connectivity index (χ1) is 7.86. The van der Waals surface area contributed by atoms with Crippen molar-refractivity contribution in [1.29, 1.82) is 0 Å². The van der Waals surface area contributed by atoms with Crippen LogP contribution in [0.3, 0.4) is 0 Å². The van der Waals surface area contributed by atoms with E-state index in [1.165, 1.54) is 20.5 Å². The largest absolute Gasteiger partial charge is 0.376 e. The van der Waals surface area contributed by atoms with Gasteiger partial charge < -0.3 is 4.74 Å². The van der Waals surface area contributed by atoms with Gasteiger partial charge in [0.1, 0.15) is 0 Å². The highest BCUT2D eigenvalue weighted by molar-refractivity contribution is 7.19. The molecule has 1 aliphatic rings. The van der Waals surface area contributed by atoms with E-state index in [-0.39, 0.29) is 0 Å². The molecule has 0 fully saturated rings. The highest BCUT2D eigenvalue weighted by atomic mass is 35.5. The lowest BCUT2D eigenvalue weighted by Gasteiger charge is -2.11. The third kappa shape index (κ3) is 2.40. The van der Waals surface area contributed by atoms with Gasteiger partial charge in [-0.3, -0.25) is 0 Å². The lowest BCUT2D eigenvalue weighted by Crippen LogP contribution is -2.06. The molecule has 2 aromatic rings. The van der Waals surface area contributed by atoms with Crippen molar-refractivity contribution in [3.63, 3.8) is 0 Å². The summed E-state index contributed by atoms with van der Waals surface area (Å²) in [5.74, 6) is 0.722. The van der Waals surface area contributed by atoms with Gasteiger partial charge in [-0.05, 0) is 17.0 Å². The normalized spacial score (nSPS) is 14.1. The van der Waals surface area contributed by atoms with Crippen molar-refractivity contribution in [1.82, 2.24) is 0 Å². The van der Waals surface area contributed by atoms with Crippen LogP contribution in [0.5, 0.6) is 0 Å². The SMILES string of the molecule is CCCl.c1ccc2c3c(sc2c1)CCOC3. The minimum atomic E-state index is 0.722. The Morgan fingerprint density at radius 3 is 2.94 bits per heavy atom. The first-order valence-electron chi connectivity index (χ1n) is 5.49. The maximum absolute atomic E-state index is 5.47. The van der Waals surface area contributed by atoms with Crippen LogP contribution in [0, 0.1) is 0 Å². The quantitative estimate of drug-likeness (QED) is 0.640. The molecule has 1 nitrogen and oxygen atoms in total. The van der Waals surface area contributed by atoms with Crippen LogP contribution >= 0.6 is 22.9 Å². The number of alkyl halides is 1. The second kappa shape index (κ2) is 5.67. The Kier molecular flexibility index (Phi) is 4.22. The Balaban J connectivity index is 0.000000292. The lowest BCUT2D eigenvalue weighted by atomic mass is 10.1. The zero-order valence-electron chi connectivity index (χ0n) is 9.33. The molecule has 2 heterocycles. The minimum Gasteiger partial charge on any atom is -0.376 e. The second-order valence-corrected chi connectivity index (χ2v) is 5.24. The summed E-state index contributed by atoms with van der Waals surface area (Å²) in [5.41, 5.74) is 1.42. The molecule has 86 valence electrons. The summed E-state index contributed by atoms with van der Waals surface area (Å²) in [6.45, 7) is 3.58. The summed E-state index contributed by atoms with van der Waals surface area (Å²) in [6.07, 6.45) is 1.09. The van der Waals surface area contributed by atoms with Crippen molar-refractivity contribution in [3.05, 3.63) is 34.7 Å². The minimum absolute atomic E-state index is 0.722. The highest BCUT2D eigenvalue weighted by Crippen LogP contribution is 2.33. The molecule has 0 N–H and O–H groups in total. The van der Waals surface area contributed by atoms with E-state index in [4.69, 9.17) is 16.3 Å². The fourth-order valence-electron chi connectivity index (χ4n) is 1.85. The topological polar surface area (TPSA) is 9.23 Å². The summed E-state index contributed by atoms with van der Waals surface area (Å²) >= 11 is 6.92. The highest BCUT2D eigenvalue weighted by Gasteiger charge is 2.15. The van der Waals surface area contributed by atoms with Crippen LogP contribution in [0.4, 0.5) is 0 Å². The van der Waals surface area contributed by atoms with E-state index in [0.717, 1.165) is 25.5 Å². The van der Waals surface area contributed by atoms with Gasteiger partial charge in [-0.2, -0.15) is 0 Å². The summed E-state index contributed by atoms with van der Waals surface area (Å²) in [4.78, 5) is 1.52. The zero-order chi connectivity index (χ0) is 11.4. The van der Waals surface area contributed by atoms with Crippen LogP contribution in [0.2, 0.25) is 0 Å². The fourth-order valence-corrected chi connectivity index (χ4v) is 3.04. The molecule has 0 saturated heterocycles. The van der Waals surface area contributed by atoms with Crippen LogP contribution in [0.1, 0.15) is 17.4 Å². The van der Waals surface area contributed by atoms with Gasteiger partial charge in [0.2, 0.25) is 0 Å². The Bertz CT molecular complexity index is 464. The average molecular weight is 255 g/mol. The Labute approximate surface area is 105 Å². The molecular formula is C13H15ClOS. The average Bonchev–Trinajstić information content (AvgIpc) is 2.68. The van der Waals surface area contributed by atoms with Crippen LogP contribution in [-0.4, -0.2) is 12.5 Å². The van der Waals surface area contributed by atoms with E-state index in [0.29, 0.717) is 0 Å². The number of ether oxygens (including phenoxy) is 1. The maximum Gasteiger partial charge on any atom is 0.0733 e. The second-order valence-electron chi connectivity index (χ2n) is 3.57. The first kappa shape index (κ1) is 11.9. The van der Waals surface area contributed by atoms with E-state index in [9.17, 15) is 0 Å². The van der Waals surface area contributed by atoms with Crippen LogP contribution in [-0.2, 0) is 17.8 Å². The van der Waals surface area contributed by atoms with Gasteiger partial charge in [0, 0.05) is 21.9 Å². The molecule has 1 aromatic heterocycles. The van der Waals surface area contributed by atoms with Crippen molar-refractivity contribution in [2.45, 2.75) is 20.0 Å². The number of hydrogen-bond acceptors (Lipinski definition) is 2. The summed E-state index contributed by atoms with van der Waals surface area (Å²) in [5, 5.41) is 1.39. The van der Waals surface area contributed by atoms with Crippen molar-refractivity contribution in [2.24, 2.45) is 0 Å². The van der Waals surface area contributed by atoms with Crippen LogP contribution in [0.15, 0.2) is 24.3 Å². The third-order valence-corrected chi connectivity index (χ3v) is 3.77. The summed E-state index contributed by atoms with van der Waals surface area (Å²) in [7, 11) is 0. The molecule has 0 spiro atoms. The van der Waals surface area contributed by atoms with Gasteiger partial charge >= 0.3 is 0 Å². The lowest BCUT2D eigenvalue weighted by molar-refractivity contribution is 0.113. The fraction of sp³-hybridized carbons (Fsp3) is 0.385. The molecule has 3 heteroatoms. The Hall–Kier alpha value is -0.570. The van der Waals surface area contributed by atoms with Gasteiger partial charge in [0.05, 0.1) is 13.2 Å². The standard InChI is InChI=1S/C11H10OS.C2H5Cl/c1-2-4-10-8(3-1)9-7-12-6-5-11(9)13-10;1-2-3/h1-4H,5-7H2;2H2,1H3. The third-order valence-electron chi connectivity index (χ3n) is 2.50. The Morgan fingerprint density at radius 1 is 1.38 bits per heavy atom. The van der Waals surface area contributed by atoms with E-state index in [1.807, 2.05) is 18.3 Å². The van der Waals surface area contributed by atoms with Crippen molar-refractivity contribution in [2.75, 3.05) is 12.5 Å². The van der Waals surface area contributed by atoms with Crippen molar-refractivity contribution >= 4 is 33.0 Å². The number of halogens is 1. The molecular weight excluding hydrogens is 240 g/mol. The van der Waals surface area contributed by atoms with Crippen molar-refractivity contribution < 1.29 is 4.74 Å². The maximum atomic E-state index is 5.47. The van der Waals surface area contributed by atoms with Gasteiger partial charge in [-0.15, -0.1) is 22.9 Å². The molecule has 3 rings (SSSR count). The molecule has 0 radical (unpaired) electrons. The molecule has 0 bridgehead atoms. The number of rotatable bonds is 0. The van der Waals surface area contributed by atoms with Gasteiger partial charge in [-0.1, -0.05) is 25.1 Å². The molecule has 1 aromatic carbocycles. The van der Waals surface area contributed by atoms with Gasteiger partial charge in [0.15, 0.2) is 0 Å². The molecule has 16 heavy (non-hydrogen) atoms. The molecule has 0 atom stereocenters. The van der Waals surface area contributed by atoms with E-state index < -0.39 is 0 Å². The van der Waals surface area contributed by atoms with E-state index >= 15 is 0 Å². The van der Waals surface area contributed by atoms with E-state index in [2.05, 4.69) is 24.3 Å². The van der Waals surface area contributed by atoms with Crippen molar-refractivity contribution in [3.8, 4) is 0 Å². The summed E-state index contributed by atoms with van der Waals surface area (Å²) in [6, 6.07) is 8.59. The number of benzene rings is 1. The predicted octanol–water partition coefficient (Wildman–Crippen LogP) is 4.22. The molecule has 1 aliphatic heterocycles. The van der Waals surface area contributed by atoms with Gasteiger partial charge in [-0.25, -0.2) is 0 Å². The smallest absolute Gasteiger partial charge is 0.0733 e. The number of fused-ring (bicyclic) bond motifs is 3. The summed E-state index contributed by atoms with van der Waals surface area (Å²) < 4.78 is 6.87. The monoisotopic (exact) mass is 254 g/mol. The Morgan fingerprint density at radius 2 is 2.12 bits per heavy atom. The van der Waals surface area contributed by atoms with Crippen LogP contribution < -0.4 is 0 Å². The first-order valence-corrected chi connectivity index (χ1v) is 6.85. The zero-order valence-corrected chi connectivity index (χ0v) is 10.9. The predicted molar refractivity (Wildman–Crippen MR) is 71.6 cm³/mol. The number of hydrogen-bond donors (Lipinski definition) is 0. The number of thiophene rings is 1. The molecule has 0 aliphatic carbocycles. The van der Waals surface area contributed by atoms with Crippen LogP contribution in [0.25, 0.3) is 10.1 Å². The van der Waals surface area contributed by atoms with Gasteiger partial charge in [0.25, 0.3) is 0 Å². The van der Waals surface area contributed by atoms with E-state index in [1.54, 1.807) is 0 Å². The molecule has 0 amide bonds.